The number of methoxy groups -OCH3 is 2. The van der Waals surface area contributed by atoms with Gasteiger partial charge < -0.3 is 31.5 Å². The zero-order valence-corrected chi connectivity index (χ0v) is 7.73. The summed E-state index contributed by atoms with van der Waals surface area (Å²) in [6.45, 7) is 0. The zero-order valence-electron chi connectivity index (χ0n) is 7.73. The van der Waals surface area contributed by atoms with Crippen LogP contribution in [0.5, 0.6) is 0 Å². The van der Waals surface area contributed by atoms with E-state index in [2.05, 4.69) is 20.9 Å². The van der Waals surface area contributed by atoms with Gasteiger partial charge in [-0.3, -0.25) is 0 Å². The van der Waals surface area contributed by atoms with Gasteiger partial charge in [0.2, 0.25) is 0 Å². The third-order valence-corrected chi connectivity index (χ3v) is 0.333. The first kappa shape index (κ1) is 29.4. The zero-order chi connectivity index (χ0) is 10.6. The Kier molecular flexibility index (Phi) is 63.1. The van der Waals surface area contributed by atoms with E-state index >= 15 is 0 Å². The molecule has 0 aliphatic carbocycles. The van der Waals surface area contributed by atoms with Gasteiger partial charge in [-0.1, -0.05) is 7.43 Å². The summed E-state index contributed by atoms with van der Waals surface area (Å²) in [6.07, 6.45) is -0.657. The molecule has 0 bridgehead atoms. The number of rotatable bonds is 0. The lowest BCUT2D eigenvalue weighted by atomic mass is 11.2. The molecule has 90 valence electrons. The van der Waals surface area contributed by atoms with Gasteiger partial charge in [-0.25, -0.2) is 9.59 Å². The highest BCUT2D eigenvalue weighted by Crippen LogP contribution is 1.72. The van der Waals surface area contributed by atoms with Crippen LogP contribution in [0, 0.1) is 0 Å². The maximum atomic E-state index is 9.74. The number of hydrogen-bond donors (Lipinski definition) is 3. The van der Waals surface area contributed by atoms with E-state index in [1.807, 2.05) is 0 Å². The van der Waals surface area contributed by atoms with Gasteiger partial charge in [-0.05, 0) is 0 Å². The van der Waals surface area contributed by atoms with Crippen LogP contribution in [-0.2, 0) is 9.47 Å². The molecule has 0 aliphatic heterocycles. The minimum Gasteiger partial charge on any atom is -0.438 e. The number of ether oxygens (including phenoxy) is 2. The van der Waals surface area contributed by atoms with E-state index in [9.17, 15) is 4.79 Å². The van der Waals surface area contributed by atoms with Crippen molar-refractivity contribution in [1.29, 1.82) is 0 Å². The fourth-order valence-corrected chi connectivity index (χ4v) is 0.0833. The van der Waals surface area contributed by atoms with Crippen LogP contribution in [-0.4, -0.2) is 44.1 Å². The lowest BCUT2D eigenvalue weighted by molar-refractivity contribution is 0.0924. The molecule has 0 aromatic carbocycles. The Labute approximate surface area is 83.1 Å². The van der Waals surface area contributed by atoms with E-state index in [1.165, 1.54) is 14.2 Å². The minimum atomic E-state index is -0.833. The Morgan fingerprint density at radius 3 is 1.21 bits per heavy atom. The molecule has 0 aromatic heterocycles. The maximum Gasteiger partial charge on any atom is 0.507 e. The Balaban J connectivity index is -0.0000000302. The van der Waals surface area contributed by atoms with Crippen LogP contribution < -0.4 is 11.5 Å². The fourth-order valence-electron chi connectivity index (χ4n) is 0.0833. The number of urea groups is 1. The molecular weight excluding hydrogens is 196 g/mol. The molecule has 14 heavy (non-hydrogen) atoms. The average molecular weight is 216 g/mol. The molecule has 7 N–H and O–H groups in total. The van der Waals surface area contributed by atoms with Crippen molar-refractivity contribution >= 4 is 12.2 Å². The number of carbonyl (C=O) groups is 2. The molecular formula is C6H20N2O6. The molecule has 8 nitrogen and oxygen atoms in total. The highest BCUT2D eigenvalue weighted by molar-refractivity contribution is 5.69. The molecule has 0 spiro atoms. The average Bonchev–Trinajstić information content (AvgIpc) is 2.06. The first-order chi connectivity index (χ1) is 5.54. The third kappa shape index (κ3) is 155. The number of aliphatic hydroxyl groups is 1. The molecule has 2 amide bonds. The van der Waals surface area contributed by atoms with Crippen molar-refractivity contribution in [2.24, 2.45) is 11.5 Å². The molecule has 0 radical (unpaired) electrons. The van der Waals surface area contributed by atoms with Gasteiger partial charge in [0.25, 0.3) is 0 Å². The summed E-state index contributed by atoms with van der Waals surface area (Å²) in [5.74, 6) is 0. The molecule has 8 heteroatoms. The summed E-state index contributed by atoms with van der Waals surface area (Å²) in [5.41, 5.74) is 8.50. The Hall–Kier alpha value is -1.54. The molecule has 0 atom stereocenters. The highest BCUT2D eigenvalue weighted by atomic mass is 16.7. The molecule has 0 fully saturated rings. The molecule has 0 heterocycles. The number of carbonyl (C=O) groups excluding carboxylic acids is 2. The normalized spacial score (nSPS) is 5.14. The van der Waals surface area contributed by atoms with Crippen molar-refractivity contribution < 1.29 is 29.6 Å². The first-order valence-electron chi connectivity index (χ1n) is 2.66. The van der Waals surface area contributed by atoms with E-state index in [-0.39, 0.29) is 12.9 Å². The standard InChI is InChI=1S/C3H6O3.CH4N2O.CH4O.CH4.H2O/c1-5-3(4)6-2;2-1(3)4;1-2;;/h1-2H3;(H4,2,3,4);2H,1H3;1H4;1H2. The SMILES string of the molecule is C.CO.COC(=O)OC.NC(N)=O.O. The van der Waals surface area contributed by atoms with Crippen LogP contribution in [0.2, 0.25) is 0 Å². The van der Waals surface area contributed by atoms with Gasteiger partial charge in [-0.2, -0.15) is 0 Å². The number of hydrogen-bond acceptors (Lipinski definition) is 5. The summed E-state index contributed by atoms with van der Waals surface area (Å²) < 4.78 is 8.08. The van der Waals surface area contributed by atoms with Gasteiger partial charge in [0, 0.05) is 7.11 Å². The van der Waals surface area contributed by atoms with E-state index < -0.39 is 12.2 Å². The van der Waals surface area contributed by atoms with Crippen LogP contribution in [0.3, 0.4) is 0 Å². The predicted molar refractivity (Wildman–Crippen MR) is 51.7 cm³/mol. The first-order valence-corrected chi connectivity index (χ1v) is 2.66. The Morgan fingerprint density at radius 1 is 1.07 bits per heavy atom. The van der Waals surface area contributed by atoms with Crippen molar-refractivity contribution in [2.75, 3.05) is 21.3 Å². The van der Waals surface area contributed by atoms with Crippen LogP contribution in [0.4, 0.5) is 9.59 Å². The van der Waals surface area contributed by atoms with Crippen molar-refractivity contribution in [3.05, 3.63) is 0 Å². The van der Waals surface area contributed by atoms with E-state index in [4.69, 9.17) is 9.90 Å². The molecule has 0 unspecified atom stereocenters. The van der Waals surface area contributed by atoms with E-state index in [0.717, 1.165) is 7.11 Å². The minimum absolute atomic E-state index is 0. The van der Waals surface area contributed by atoms with Gasteiger partial charge >= 0.3 is 12.2 Å². The van der Waals surface area contributed by atoms with E-state index in [1.54, 1.807) is 0 Å². The maximum absolute atomic E-state index is 9.74. The number of amides is 2. The summed E-state index contributed by atoms with van der Waals surface area (Å²) in [6, 6.07) is -0.833. The van der Waals surface area contributed by atoms with Crippen molar-refractivity contribution in [3.8, 4) is 0 Å². The molecule has 0 aromatic rings. The Morgan fingerprint density at radius 2 is 1.21 bits per heavy atom. The smallest absolute Gasteiger partial charge is 0.438 e. The second kappa shape index (κ2) is 30.0. The summed E-state index contributed by atoms with van der Waals surface area (Å²) in [7, 11) is 3.51. The third-order valence-electron chi connectivity index (χ3n) is 0.333. The van der Waals surface area contributed by atoms with Gasteiger partial charge in [0.15, 0.2) is 0 Å². The number of aliphatic hydroxyl groups excluding tert-OH is 1. The molecule has 0 saturated carbocycles. The summed E-state index contributed by atoms with van der Waals surface area (Å²) >= 11 is 0. The number of primary amides is 2. The predicted octanol–water partition coefficient (Wildman–Crippen LogP) is -1.16. The quantitative estimate of drug-likeness (QED) is 0.435. The van der Waals surface area contributed by atoms with Gasteiger partial charge in [0.05, 0.1) is 14.2 Å². The second-order valence-corrected chi connectivity index (χ2v) is 1.06. The van der Waals surface area contributed by atoms with Crippen LogP contribution in [0.1, 0.15) is 7.43 Å². The summed E-state index contributed by atoms with van der Waals surface area (Å²) in [5, 5.41) is 7.00. The van der Waals surface area contributed by atoms with Crippen LogP contribution in [0.15, 0.2) is 0 Å². The lowest BCUT2D eigenvalue weighted by Gasteiger charge is -1.89. The van der Waals surface area contributed by atoms with Crippen molar-refractivity contribution in [3.63, 3.8) is 0 Å². The lowest BCUT2D eigenvalue weighted by Crippen LogP contribution is -2.18. The fraction of sp³-hybridized carbons (Fsp3) is 0.667. The topological polar surface area (TPSA) is 156 Å². The molecule has 0 aliphatic rings. The highest BCUT2D eigenvalue weighted by Gasteiger charge is 1.88. The van der Waals surface area contributed by atoms with E-state index in [0.29, 0.717) is 0 Å². The van der Waals surface area contributed by atoms with Crippen molar-refractivity contribution in [2.45, 2.75) is 7.43 Å². The van der Waals surface area contributed by atoms with Crippen LogP contribution >= 0.6 is 0 Å². The van der Waals surface area contributed by atoms with Gasteiger partial charge in [-0.15, -0.1) is 0 Å². The largest absolute Gasteiger partial charge is 0.507 e. The van der Waals surface area contributed by atoms with Gasteiger partial charge in [0.1, 0.15) is 0 Å². The molecule has 0 saturated heterocycles. The van der Waals surface area contributed by atoms with Crippen molar-refractivity contribution in [1.82, 2.24) is 0 Å². The monoisotopic (exact) mass is 216 g/mol. The van der Waals surface area contributed by atoms with Crippen LogP contribution in [0.25, 0.3) is 0 Å². The summed E-state index contributed by atoms with van der Waals surface area (Å²) in [4.78, 5) is 18.7. The second-order valence-electron chi connectivity index (χ2n) is 1.06. The molecule has 0 rings (SSSR count). The number of nitrogens with two attached hydrogens (primary N) is 2. The Bertz CT molecular complexity index is 109.